The summed E-state index contributed by atoms with van der Waals surface area (Å²) in [7, 11) is 0. The minimum absolute atomic E-state index is 0.132. The molecule has 6 heteroatoms. The van der Waals surface area contributed by atoms with Crippen molar-refractivity contribution in [1.29, 1.82) is 0 Å². The number of carbonyl (C=O) groups is 2. The molecule has 1 aromatic rings. The number of aliphatic carboxylic acids is 1. The first kappa shape index (κ1) is 11.4. The maximum absolute atomic E-state index is 11.5. The van der Waals surface area contributed by atoms with Crippen molar-refractivity contribution in [2.24, 2.45) is 5.73 Å². The lowest BCUT2D eigenvalue weighted by Gasteiger charge is -2.18. The number of nitrogens with two attached hydrogens (primary N) is 1. The molecule has 0 aromatic heterocycles. The highest BCUT2D eigenvalue weighted by Crippen LogP contribution is 2.23. The molecule has 1 fully saturated rings. The minimum atomic E-state index is -1.08. The zero-order chi connectivity index (χ0) is 12.4. The lowest BCUT2D eigenvalue weighted by Crippen LogP contribution is -2.39. The van der Waals surface area contributed by atoms with Crippen LogP contribution in [-0.2, 0) is 16.1 Å². The van der Waals surface area contributed by atoms with Gasteiger partial charge in [0.1, 0.15) is 6.61 Å². The van der Waals surface area contributed by atoms with Crippen LogP contribution in [0.5, 0.6) is 0 Å². The Hall–Kier alpha value is -2.08. The number of hydrogen-bond donors (Lipinski definition) is 2. The Balaban J connectivity index is 2.29. The number of nitrogens with zero attached hydrogens (tertiary/aromatic N) is 1. The molecular formula is C11H12N2O4. The van der Waals surface area contributed by atoms with Crippen molar-refractivity contribution in [3.63, 3.8) is 0 Å². The number of rotatable bonds is 3. The van der Waals surface area contributed by atoms with Crippen LogP contribution in [0.1, 0.15) is 5.56 Å². The van der Waals surface area contributed by atoms with Crippen LogP contribution >= 0.6 is 0 Å². The van der Waals surface area contributed by atoms with Gasteiger partial charge >= 0.3 is 12.1 Å². The monoisotopic (exact) mass is 236 g/mol. The van der Waals surface area contributed by atoms with Crippen molar-refractivity contribution < 1.29 is 19.4 Å². The molecule has 17 heavy (non-hydrogen) atoms. The third-order valence-electron chi connectivity index (χ3n) is 2.61. The molecule has 1 amide bonds. The second kappa shape index (κ2) is 4.42. The molecule has 1 aromatic carbocycles. The molecule has 1 atom stereocenters. The van der Waals surface area contributed by atoms with Gasteiger partial charge in [0.15, 0.2) is 6.04 Å². The van der Waals surface area contributed by atoms with E-state index in [0.29, 0.717) is 12.2 Å². The summed E-state index contributed by atoms with van der Waals surface area (Å²) in [5, 5.41) is 8.97. The SMILES string of the molecule is NCc1ccc(N2C(=O)OCC2C(=O)O)cc1. The van der Waals surface area contributed by atoms with Crippen LogP contribution in [0.2, 0.25) is 0 Å². The van der Waals surface area contributed by atoms with Gasteiger partial charge in [-0.2, -0.15) is 0 Å². The summed E-state index contributed by atoms with van der Waals surface area (Å²) in [6.45, 7) is 0.264. The van der Waals surface area contributed by atoms with Crippen LogP contribution in [0.4, 0.5) is 10.5 Å². The van der Waals surface area contributed by atoms with E-state index in [9.17, 15) is 9.59 Å². The van der Waals surface area contributed by atoms with Gasteiger partial charge in [-0.05, 0) is 17.7 Å². The van der Waals surface area contributed by atoms with E-state index in [1.165, 1.54) is 0 Å². The lowest BCUT2D eigenvalue weighted by molar-refractivity contribution is -0.138. The van der Waals surface area contributed by atoms with Crippen LogP contribution in [0.3, 0.4) is 0 Å². The predicted molar refractivity (Wildman–Crippen MR) is 59.6 cm³/mol. The average Bonchev–Trinajstić information content (AvgIpc) is 2.71. The number of hydrogen-bond acceptors (Lipinski definition) is 4. The van der Waals surface area contributed by atoms with Crippen molar-refractivity contribution in [2.75, 3.05) is 11.5 Å². The molecule has 1 unspecified atom stereocenters. The van der Waals surface area contributed by atoms with Crippen molar-refractivity contribution in [3.05, 3.63) is 29.8 Å². The maximum Gasteiger partial charge on any atom is 0.415 e. The molecule has 0 bridgehead atoms. The summed E-state index contributed by atoms with van der Waals surface area (Å²) >= 11 is 0. The summed E-state index contributed by atoms with van der Waals surface area (Å²) in [5.74, 6) is -1.08. The molecule has 1 aliphatic rings. The Morgan fingerprint density at radius 1 is 1.47 bits per heavy atom. The zero-order valence-corrected chi connectivity index (χ0v) is 9.00. The first-order valence-corrected chi connectivity index (χ1v) is 5.11. The van der Waals surface area contributed by atoms with Gasteiger partial charge in [-0.25, -0.2) is 9.59 Å². The van der Waals surface area contributed by atoms with Crippen LogP contribution in [0.15, 0.2) is 24.3 Å². The highest BCUT2D eigenvalue weighted by Gasteiger charge is 2.39. The zero-order valence-electron chi connectivity index (χ0n) is 9.00. The number of carboxylic acids is 1. The van der Waals surface area contributed by atoms with Crippen LogP contribution in [0.25, 0.3) is 0 Å². The molecule has 0 saturated carbocycles. The summed E-state index contributed by atoms with van der Waals surface area (Å²) in [5.41, 5.74) is 6.86. The van der Waals surface area contributed by atoms with Crippen molar-refractivity contribution in [3.8, 4) is 0 Å². The number of carboxylic acid groups (broad SMARTS) is 1. The standard InChI is InChI=1S/C11H12N2O4/c12-5-7-1-3-8(4-2-7)13-9(10(14)15)6-17-11(13)16/h1-4,9H,5-6,12H2,(H,14,15). The van der Waals surface area contributed by atoms with Gasteiger partial charge in [0.05, 0.1) is 0 Å². The van der Waals surface area contributed by atoms with Gasteiger partial charge in [-0.1, -0.05) is 12.1 Å². The number of ether oxygens (including phenoxy) is 1. The Morgan fingerprint density at radius 3 is 2.65 bits per heavy atom. The fourth-order valence-electron chi connectivity index (χ4n) is 1.68. The Labute approximate surface area is 97.6 Å². The lowest BCUT2D eigenvalue weighted by atomic mass is 10.2. The molecular weight excluding hydrogens is 224 g/mol. The van der Waals surface area contributed by atoms with Gasteiger partial charge in [-0.15, -0.1) is 0 Å². The minimum Gasteiger partial charge on any atom is -0.480 e. The van der Waals surface area contributed by atoms with Crippen molar-refractivity contribution in [1.82, 2.24) is 0 Å². The van der Waals surface area contributed by atoms with E-state index in [2.05, 4.69) is 0 Å². The molecule has 6 nitrogen and oxygen atoms in total. The van der Waals surface area contributed by atoms with Crippen molar-refractivity contribution in [2.45, 2.75) is 12.6 Å². The Bertz CT molecular complexity index is 443. The summed E-state index contributed by atoms with van der Waals surface area (Å²) in [4.78, 5) is 23.5. The van der Waals surface area contributed by atoms with Gasteiger partial charge in [0, 0.05) is 12.2 Å². The van der Waals surface area contributed by atoms with E-state index in [0.717, 1.165) is 10.5 Å². The van der Waals surface area contributed by atoms with Gasteiger partial charge in [-0.3, -0.25) is 4.90 Å². The van der Waals surface area contributed by atoms with Crippen LogP contribution < -0.4 is 10.6 Å². The first-order valence-electron chi connectivity index (χ1n) is 5.11. The molecule has 1 aliphatic heterocycles. The first-order chi connectivity index (χ1) is 8.13. The fourth-order valence-corrected chi connectivity index (χ4v) is 1.68. The molecule has 0 spiro atoms. The average molecular weight is 236 g/mol. The number of cyclic esters (lactones) is 1. The number of benzene rings is 1. The normalized spacial score (nSPS) is 19.2. The third kappa shape index (κ3) is 2.07. The van der Waals surface area contributed by atoms with E-state index >= 15 is 0 Å². The van der Waals surface area contributed by atoms with Gasteiger partial charge < -0.3 is 15.6 Å². The molecule has 0 aliphatic carbocycles. The Morgan fingerprint density at radius 2 is 2.12 bits per heavy atom. The van der Waals surface area contributed by atoms with E-state index in [1.54, 1.807) is 24.3 Å². The second-order valence-corrected chi connectivity index (χ2v) is 3.67. The van der Waals surface area contributed by atoms with Crippen molar-refractivity contribution >= 4 is 17.7 Å². The van der Waals surface area contributed by atoms with Crippen LogP contribution in [0, 0.1) is 0 Å². The molecule has 90 valence electrons. The molecule has 2 rings (SSSR count). The van der Waals surface area contributed by atoms with E-state index < -0.39 is 18.1 Å². The fraction of sp³-hybridized carbons (Fsp3) is 0.273. The van der Waals surface area contributed by atoms with E-state index in [1.807, 2.05) is 0 Å². The number of amides is 1. The predicted octanol–water partition coefficient (Wildman–Crippen LogP) is 0.555. The van der Waals surface area contributed by atoms with E-state index in [-0.39, 0.29) is 6.61 Å². The third-order valence-corrected chi connectivity index (χ3v) is 2.61. The molecule has 0 radical (unpaired) electrons. The summed E-state index contributed by atoms with van der Waals surface area (Å²) in [6, 6.07) is 5.85. The largest absolute Gasteiger partial charge is 0.480 e. The molecule has 3 N–H and O–H groups in total. The quantitative estimate of drug-likeness (QED) is 0.799. The van der Waals surface area contributed by atoms with Crippen LogP contribution in [-0.4, -0.2) is 29.8 Å². The second-order valence-electron chi connectivity index (χ2n) is 3.67. The summed E-state index contributed by atoms with van der Waals surface area (Å²) in [6.07, 6.45) is -0.641. The van der Waals surface area contributed by atoms with Gasteiger partial charge in [0.2, 0.25) is 0 Å². The maximum atomic E-state index is 11.5. The Kier molecular flexibility index (Phi) is 2.97. The number of anilines is 1. The summed E-state index contributed by atoms with van der Waals surface area (Å²) < 4.78 is 4.73. The highest BCUT2D eigenvalue weighted by atomic mass is 16.6. The van der Waals surface area contributed by atoms with Gasteiger partial charge in [0.25, 0.3) is 0 Å². The van der Waals surface area contributed by atoms with E-state index in [4.69, 9.17) is 15.6 Å². The number of carbonyl (C=O) groups excluding carboxylic acids is 1. The molecule has 1 saturated heterocycles. The molecule has 1 heterocycles. The smallest absolute Gasteiger partial charge is 0.415 e. The highest BCUT2D eigenvalue weighted by molar-refractivity contribution is 5.97. The topological polar surface area (TPSA) is 92.9 Å².